The zero-order valence-electron chi connectivity index (χ0n) is 13.0. The van der Waals surface area contributed by atoms with Crippen molar-refractivity contribution in [2.75, 3.05) is 18.1 Å². The summed E-state index contributed by atoms with van der Waals surface area (Å²) in [6.45, 7) is 13.8. The predicted molar refractivity (Wildman–Crippen MR) is 83.3 cm³/mol. The molecule has 0 aromatic carbocycles. The monoisotopic (exact) mass is 293 g/mol. The fraction of sp³-hybridized carbons (Fsp3) is 1.00. The first kappa shape index (κ1) is 18.1. The Labute approximate surface area is 115 Å². The number of unbranched alkanes of at least 4 members (excludes halogenated alkanes) is 1. The van der Waals surface area contributed by atoms with Crippen LogP contribution in [0.3, 0.4) is 0 Å². The number of nitrogens with one attached hydrogen (secondary N) is 1. The van der Waals surface area contributed by atoms with Crippen LogP contribution in [0.2, 0.25) is 18.1 Å². The molecule has 0 aliphatic carbocycles. The second kappa shape index (κ2) is 7.06. The molecule has 0 aromatic heterocycles. The van der Waals surface area contributed by atoms with Gasteiger partial charge in [-0.15, -0.1) is 0 Å². The molecular weight excluding hydrogens is 262 g/mol. The van der Waals surface area contributed by atoms with Crippen molar-refractivity contribution in [3.8, 4) is 0 Å². The van der Waals surface area contributed by atoms with E-state index in [4.69, 9.17) is 9.21 Å². The van der Waals surface area contributed by atoms with Crippen molar-refractivity contribution in [1.82, 2.24) is 0 Å². The Bertz CT molecular complexity index is 331. The Hall–Kier alpha value is 0.127. The third-order valence-corrected chi connectivity index (χ3v) is 10.1. The van der Waals surface area contributed by atoms with Gasteiger partial charge >= 0.3 is 0 Å². The maximum absolute atomic E-state index is 11.9. The summed E-state index contributed by atoms with van der Waals surface area (Å²) in [6, 6.07) is 0. The zero-order valence-corrected chi connectivity index (χ0v) is 14.8. The fourth-order valence-electron chi connectivity index (χ4n) is 1.32. The summed E-state index contributed by atoms with van der Waals surface area (Å²) in [5.74, 6) is 1.03. The normalized spacial score (nSPS) is 16.6. The van der Waals surface area contributed by atoms with Crippen LogP contribution < -0.4 is 0 Å². The summed E-state index contributed by atoms with van der Waals surface area (Å²) in [5, 5.41) is 0.220. The lowest BCUT2D eigenvalue weighted by molar-refractivity contribution is 0.288. The quantitative estimate of drug-likeness (QED) is 0.537. The van der Waals surface area contributed by atoms with Crippen LogP contribution in [0.25, 0.3) is 0 Å². The van der Waals surface area contributed by atoms with Gasteiger partial charge in [-0.1, -0.05) is 34.1 Å². The first-order valence-corrected chi connectivity index (χ1v) is 11.7. The molecule has 0 aliphatic heterocycles. The minimum Gasteiger partial charge on any atom is -0.417 e. The summed E-state index contributed by atoms with van der Waals surface area (Å²) < 4.78 is 25.7. The molecule has 0 aromatic rings. The van der Waals surface area contributed by atoms with Gasteiger partial charge in [0.15, 0.2) is 8.32 Å². The van der Waals surface area contributed by atoms with E-state index in [2.05, 4.69) is 40.8 Å². The molecule has 0 fully saturated rings. The summed E-state index contributed by atoms with van der Waals surface area (Å²) >= 11 is 0. The predicted octanol–water partition coefficient (Wildman–Crippen LogP) is 4.25. The van der Waals surface area contributed by atoms with Crippen molar-refractivity contribution < 1.29 is 8.63 Å². The van der Waals surface area contributed by atoms with Crippen LogP contribution in [0.5, 0.6) is 0 Å². The minimum absolute atomic E-state index is 0.220. The maximum atomic E-state index is 11.9. The van der Waals surface area contributed by atoms with Gasteiger partial charge in [0.1, 0.15) is 0 Å². The zero-order chi connectivity index (χ0) is 14.4. The van der Waals surface area contributed by atoms with Crippen LogP contribution in [0.1, 0.15) is 47.0 Å². The van der Waals surface area contributed by atoms with Crippen molar-refractivity contribution in [3.63, 3.8) is 0 Å². The van der Waals surface area contributed by atoms with Gasteiger partial charge in [0, 0.05) is 27.8 Å². The average molecular weight is 294 g/mol. The van der Waals surface area contributed by atoms with E-state index in [1.165, 1.54) is 0 Å². The molecule has 110 valence electrons. The van der Waals surface area contributed by atoms with Gasteiger partial charge in [-0.3, -0.25) is 4.78 Å². The molecule has 0 rings (SSSR count). The molecule has 1 atom stereocenters. The summed E-state index contributed by atoms with van der Waals surface area (Å²) in [7, 11) is -4.04. The Morgan fingerprint density at radius 3 is 2.11 bits per heavy atom. The molecule has 1 N–H and O–H groups in total. The molecule has 0 heterocycles. The van der Waals surface area contributed by atoms with Gasteiger partial charge in [0.05, 0.1) is 0 Å². The molecule has 0 saturated carbocycles. The van der Waals surface area contributed by atoms with Gasteiger partial charge in [-0.25, -0.2) is 4.21 Å². The van der Waals surface area contributed by atoms with Crippen LogP contribution in [-0.4, -0.2) is 30.6 Å². The molecule has 3 nitrogen and oxygen atoms in total. The minimum atomic E-state index is -2.36. The number of hydrogen-bond donors (Lipinski definition) is 1. The largest absolute Gasteiger partial charge is 0.417 e. The molecule has 0 aliphatic rings. The highest BCUT2D eigenvalue weighted by Crippen LogP contribution is 2.36. The highest BCUT2D eigenvalue weighted by atomic mass is 32.2. The van der Waals surface area contributed by atoms with Crippen molar-refractivity contribution in [1.29, 1.82) is 4.78 Å². The van der Waals surface area contributed by atoms with Crippen molar-refractivity contribution in [2.24, 2.45) is 0 Å². The summed E-state index contributed by atoms with van der Waals surface area (Å²) in [5.41, 5.74) is 0. The molecule has 0 radical (unpaired) electrons. The van der Waals surface area contributed by atoms with Crippen LogP contribution in [0.15, 0.2) is 0 Å². The number of hydrogen-bond acceptors (Lipinski definition) is 3. The van der Waals surface area contributed by atoms with Crippen LogP contribution in [0.4, 0.5) is 0 Å². The molecule has 5 heteroatoms. The van der Waals surface area contributed by atoms with E-state index >= 15 is 0 Å². The maximum Gasteiger partial charge on any atom is 0.191 e. The van der Waals surface area contributed by atoms with E-state index in [1.54, 1.807) is 0 Å². The molecule has 0 bridgehead atoms. The molecule has 0 amide bonds. The third-order valence-electron chi connectivity index (χ3n) is 3.72. The van der Waals surface area contributed by atoms with E-state index in [1.807, 2.05) is 0 Å². The lowest BCUT2D eigenvalue weighted by Gasteiger charge is -2.36. The third kappa shape index (κ3) is 6.90. The summed E-state index contributed by atoms with van der Waals surface area (Å²) in [6.07, 6.45) is 2.65. The van der Waals surface area contributed by atoms with Gasteiger partial charge in [0.25, 0.3) is 0 Å². The molecule has 1 unspecified atom stereocenters. The van der Waals surface area contributed by atoms with E-state index in [-0.39, 0.29) is 5.04 Å². The SMILES string of the molecule is CCCCS(=N)(=O)CCCO[Si](C)(C)C(C)(C)C. The standard InChI is InChI=1S/C13H31NO2SSi/c1-7-8-11-17(14,15)12-9-10-16-18(5,6)13(2,3)4/h14H,7-12H2,1-6H3. The van der Waals surface area contributed by atoms with Crippen molar-refractivity contribution in [3.05, 3.63) is 0 Å². The average Bonchev–Trinajstić information content (AvgIpc) is 2.20. The first-order valence-electron chi connectivity index (χ1n) is 6.90. The van der Waals surface area contributed by atoms with Gasteiger partial charge < -0.3 is 4.43 Å². The molecule has 0 saturated heterocycles. The van der Waals surface area contributed by atoms with Crippen LogP contribution in [0, 0.1) is 4.78 Å². The van der Waals surface area contributed by atoms with Crippen LogP contribution in [-0.2, 0) is 14.2 Å². The Balaban J connectivity index is 4.01. The number of rotatable bonds is 8. The van der Waals surface area contributed by atoms with E-state index in [0.717, 1.165) is 19.3 Å². The van der Waals surface area contributed by atoms with Gasteiger partial charge in [-0.05, 0) is 31.0 Å². The Morgan fingerprint density at radius 1 is 1.17 bits per heavy atom. The lowest BCUT2D eigenvalue weighted by Crippen LogP contribution is -2.41. The highest BCUT2D eigenvalue weighted by Gasteiger charge is 2.36. The van der Waals surface area contributed by atoms with Gasteiger partial charge in [-0.2, -0.15) is 0 Å². The second-order valence-electron chi connectivity index (χ2n) is 6.54. The fourth-order valence-corrected chi connectivity index (χ4v) is 3.95. The smallest absolute Gasteiger partial charge is 0.191 e. The van der Waals surface area contributed by atoms with Crippen molar-refractivity contribution in [2.45, 2.75) is 65.1 Å². The van der Waals surface area contributed by atoms with E-state index < -0.39 is 18.0 Å². The second-order valence-corrected chi connectivity index (χ2v) is 13.8. The Kier molecular flexibility index (Phi) is 7.10. The van der Waals surface area contributed by atoms with Crippen LogP contribution >= 0.6 is 0 Å². The van der Waals surface area contributed by atoms with E-state index in [9.17, 15) is 4.21 Å². The highest BCUT2D eigenvalue weighted by molar-refractivity contribution is 7.92. The van der Waals surface area contributed by atoms with Gasteiger partial charge in [0.2, 0.25) is 0 Å². The van der Waals surface area contributed by atoms with Crippen molar-refractivity contribution >= 4 is 18.0 Å². The molecular formula is C13H31NO2SSi. The lowest BCUT2D eigenvalue weighted by atomic mass is 10.2. The summed E-state index contributed by atoms with van der Waals surface area (Å²) in [4.78, 5) is 0. The first-order chi connectivity index (χ1) is 8.02. The van der Waals surface area contributed by atoms with E-state index in [0.29, 0.717) is 18.1 Å². The Morgan fingerprint density at radius 2 is 1.67 bits per heavy atom. The molecule has 18 heavy (non-hydrogen) atoms. The molecule has 0 spiro atoms. The topological polar surface area (TPSA) is 50.2 Å².